The number of nitrogens with zero attached hydrogens (tertiary/aromatic N) is 3. The summed E-state index contributed by atoms with van der Waals surface area (Å²) in [5, 5.41) is 7.31. The van der Waals surface area contributed by atoms with Crippen LogP contribution in [0, 0.1) is 5.82 Å². The molecule has 0 spiro atoms. The molecule has 2 aromatic heterocycles. The normalized spacial score (nSPS) is 11.7. The number of hydrogen-bond donors (Lipinski definition) is 1. The monoisotopic (exact) mass is 278 g/mol. The van der Waals surface area contributed by atoms with Gasteiger partial charge in [0.1, 0.15) is 5.82 Å². The molecule has 20 heavy (non-hydrogen) atoms. The molecule has 0 saturated heterocycles. The minimum atomic E-state index is -0.380. The standard InChI is InChI=1S/C14H19FN4O/c1-14(2,3)17-6-10-5-11(15)7-16-13(10)20-12-8-18-19(4)9-12/h5,7-9,17H,6H2,1-4H3. The molecule has 0 fully saturated rings. The zero-order valence-corrected chi connectivity index (χ0v) is 12.1. The van der Waals surface area contributed by atoms with Gasteiger partial charge in [0.2, 0.25) is 5.88 Å². The van der Waals surface area contributed by atoms with E-state index in [0.717, 1.165) is 6.20 Å². The molecule has 0 aliphatic heterocycles. The van der Waals surface area contributed by atoms with Crippen molar-refractivity contribution in [3.8, 4) is 11.6 Å². The average molecular weight is 278 g/mol. The van der Waals surface area contributed by atoms with E-state index in [0.29, 0.717) is 23.7 Å². The maximum atomic E-state index is 13.3. The molecule has 6 heteroatoms. The highest BCUT2D eigenvalue weighted by molar-refractivity contribution is 5.30. The molecule has 2 rings (SSSR count). The number of aryl methyl sites for hydroxylation is 1. The highest BCUT2D eigenvalue weighted by atomic mass is 19.1. The van der Waals surface area contributed by atoms with Crippen molar-refractivity contribution in [3.63, 3.8) is 0 Å². The van der Waals surface area contributed by atoms with E-state index in [-0.39, 0.29) is 11.4 Å². The van der Waals surface area contributed by atoms with Crippen LogP contribution in [0.1, 0.15) is 26.3 Å². The molecule has 5 nitrogen and oxygen atoms in total. The maximum Gasteiger partial charge on any atom is 0.224 e. The summed E-state index contributed by atoms with van der Waals surface area (Å²) in [4.78, 5) is 4.01. The van der Waals surface area contributed by atoms with E-state index in [4.69, 9.17) is 4.74 Å². The third-order valence-electron chi connectivity index (χ3n) is 2.60. The number of ether oxygens (including phenoxy) is 1. The molecule has 0 aliphatic rings. The van der Waals surface area contributed by atoms with Crippen LogP contribution in [0.2, 0.25) is 0 Å². The van der Waals surface area contributed by atoms with Gasteiger partial charge >= 0.3 is 0 Å². The summed E-state index contributed by atoms with van der Waals surface area (Å²) in [6.07, 6.45) is 4.46. The fourth-order valence-corrected chi connectivity index (χ4v) is 1.61. The van der Waals surface area contributed by atoms with Crippen molar-refractivity contribution in [2.75, 3.05) is 0 Å². The van der Waals surface area contributed by atoms with Crippen LogP contribution in [0.5, 0.6) is 11.6 Å². The SMILES string of the molecule is Cn1cc(Oc2ncc(F)cc2CNC(C)(C)C)cn1. The molecule has 0 unspecified atom stereocenters. The first-order chi connectivity index (χ1) is 9.33. The Morgan fingerprint density at radius 2 is 2.10 bits per heavy atom. The van der Waals surface area contributed by atoms with Gasteiger partial charge in [0, 0.05) is 24.7 Å². The van der Waals surface area contributed by atoms with Crippen LogP contribution in [0.3, 0.4) is 0 Å². The molecule has 0 aliphatic carbocycles. The van der Waals surface area contributed by atoms with Crippen molar-refractivity contribution in [3.05, 3.63) is 36.0 Å². The Labute approximate surface area is 117 Å². The summed E-state index contributed by atoms with van der Waals surface area (Å²) in [7, 11) is 1.80. The Morgan fingerprint density at radius 1 is 1.35 bits per heavy atom. The zero-order chi connectivity index (χ0) is 14.8. The van der Waals surface area contributed by atoms with Crippen molar-refractivity contribution < 1.29 is 9.13 Å². The maximum absolute atomic E-state index is 13.3. The molecule has 0 saturated carbocycles. The number of nitrogens with one attached hydrogen (secondary N) is 1. The lowest BCUT2D eigenvalue weighted by Gasteiger charge is -2.21. The van der Waals surface area contributed by atoms with Crippen molar-refractivity contribution in [1.82, 2.24) is 20.1 Å². The fraction of sp³-hybridized carbons (Fsp3) is 0.429. The van der Waals surface area contributed by atoms with Crippen LogP contribution in [0.15, 0.2) is 24.7 Å². The Hall–Kier alpha value is -1.95. The van der Waals surface area contributed by atoms with Gasteiger partial charge in [-0.25, -0.2) is 9.37 Å². The van der Waals surface area contributed by atoms with Gasteiger partial charge in [0.25, 0.3) is 0 Å². The number of halogens is 1. The summed E-state index contributed by atoms with van der Waals surface area (Å²) in [5.74, 6) is 0.578. The van der Waals surface area contributed by atoms with E-state index in [1.165, 1.54) is 6.07 Å². The first-order valence-electron chi connectivity index (χ1n) is 6.39. The fourth-order valence-electron chi connectivity index (χ4n) is 1.61. The second-order valence-electron chi connectivity index (χ2n) is 5.67. The Bertz CT molecular complexity index is 589. The third kappa shape index (κ3) is 4.03. The van der Waals surface area contributed by atoms with Crippen molar-refractivity contribution in [2.45, 2.75) is 32.9 Å². The van der Waals surface area contributed by atoms with E-state index >= 15 is 0 Å². The second kappa shape index (κ2) is 5.58. The lowest BCUT2D eigenvalue weighted by molar-refractivity contribution is 0.407. The predicted molar refractivity (Wildman–Crippen MR) is 74.1 cm³/mol. The van der Waals surface area contributed by atoms with Gasteiger partial charge in [-0.15, -0.1) is 0 Å². The Balaban J connectivity index is 2.19. The lowest BCUT2D eigenvalue weighted by atomic mass is 10.1. The molecular weight excluding hydrogens is 259 g/mol. The van der Waals surface area contributed by atoms with E-state index in [1.807, 2.05) is 20.8 Å². The molecule has 1 N–H and O–H groups in total. The van der Waals surface area contributed by atoms with Crippen LogP contribution >= 0.6 is 0 Å². The molecule has 0 radical (unpaired) electrons. The molecule has 2 heterocycles. The molecule has 0 amide bonds. The van der Waals surface area contributed by atoms with E-state index in [1.54, 1.807) is 24.1 Å². The zero-order valence-electron chi connectivity index (χ0n) is 12.1. The highest BCUT2D eigenvalue weighted by Gasteiger charge is 2.13. The lowest BCUT2D eigenvalue weighted by Crippen LogP contribution is -2.35. The quantitative estimate of drug-likeness (QED) is 0.934. The first-order valence-corrected chi connectivity index (χ1v) is 6.39. The summed E-state index contributed by atoms with van der Waals surface area (Å²) in [5.41, 5.74) is 0.599. The highest BCUT2D eigenvalue weighted by Crippen LogP contribution is 2.23. The van der Waals surface area contributed by atoms with Gasteiger partial charge in [-0.2, -0.15) is 5.10 Å². The Morgan fingerprint density at radius 3 is 2.70 bits per heavy atom. The summed E-state index contributed by atoms with van der Waals surface area (Å²) in [6, 6.07) is 1.43. The van der Waals surface area contributed by atoms with E-state index < -0.39 is 0 Å². The minimum Gasteiger partial charge on any atom is -0.435 e. The topological polar surface area (TPSA) is 52.0 Å². The summed E-state index contributed by atoms with van der Waals surface area (Å²) in [6.45, 7) is 6.61. The number of hydrogen-bond acceptors (Lipinski definition) is 4. The van der Waals surface area contributed by atoms with Gasteiger partial charge in [-0.05, 0) is 26.8 Å². The third-order valence-corrected chi connectivity index (χ3v) is 2.60. The second-order valence-corrected chi connectivity index (χ2v) is 5.67. The Kier molecular flexibility index (Phi) is 4.04. The summed E-state index contributed by atoms with van der Waals surface area (Å²) < 4.78 is 20.6. The van der Waals surface area contributed by atoms with E-state index in [9.17, 15) is 4.39 Å². The van der Waals surface area contributed by atoms with Crippen molar-refractivity contribution in [2.24, 2.45) is 7.05 Å². The molecule has 0 atom stereocenters. The largest absolute Gasteiger partial charge is 0.435 e. The minimum absolute atomic E-state index is 0.0715. The molecule has 0 aromatic carbocycles. The predicted octanol–water partition coefficient (Wildman–Crippen LogP) is 2.63. The molecule has 2 aromatic rings. The first kappa shape index (κ1) is 14.5. The molecular formula is C14H19FN4O. The van der Waals surface area contributed by atoms with Gasteiger partial charge in [0.15, 0.2) is 5.75 Å². The van der Waals surface area contributed by atoms with Gasteiger partial charge < -0.3 is 10.1 Å². The smallest absolute Gasteiger partial charge is 0.224 e. The van der Waals surface area contributed by atoms with Crippen LogP contribution < -0.4 is 10.1 Å². The van der Waals surface area contributed by atoms with Crippen molar-refractivity contribution >= 4 is 0 Å². The summed E-state index contributed by atoms with van der Waals surface area (Å²) >= 11 is 0. The van der Waals surface area contributed by atoms with Crippen LogP contribution in [-0.2, 0) is 13.6 Å². The number of pyridine rings is 1. The van der Waals surface area contributed by atoms with Gasteiger partial charge in [-0.1, -0.05) is 0 Å². The van der Waals surface area contributed by atoms with Crippen LogP contribution in [0.4, 0.5) is 4.39 Å². The molecule has 108 valence electrons. The van der Waals surface area contributed by atoms with Gasteiger partial charge in [0.05, 0.1) is 18.6 Å². The van der Waals surface area contributed by atoms with Crippen LogP contribution in [0.25, 0.3) is 0 Å². The van der Waals surface area contributed by atoms with Gasteiger partial charge in [-0.3, -0.25) is 4.68 Å². The number of aromatic nitrogens is 3. The number of rotatable bonds is 4. The van der Waals surface area contributed by atoms with Crippen LogP contribution in [-0.4, -0.2) is 20.3 Å². The van der Waals surface area contributed by atoms with E-state index in [2.05, 4.69) is 15.4 Å². The molecule has 0 bridgehead atoms. The average Bonchev–Trinajstić information content (AvgIpc) is 2.74. The van der Waals surface area contributed by atoms with Crippen molar-refractivity contribution in [1.29, 1.82) is 0 Å².